The number of H-pyrrole nitrogens is 1. The third-order valence-corrected chi connectivity index (χ3v) is 3.64. The maximum absolute atomic E-state index is 13.2. The van der Waals surface area contributed by atoms with E-state index in [0.717, 1.165) is 11.6 Å². The molecule has 0 bridgehead atoms. The Hall–Kier alpha value is -2.73. The summed E-state index contributed by atoms with van der Waals surface area (Å²) in [7, 11) is 0. The van der Waals surface area contributed by atoms with E-state index in [1.807, 2.05) is 0 Å². The first-order valence-corrected chi connectivity index (χ1v) is 7.43. The highest BCUT2D eigenvalue weighted by molar-refractivity contribution is 6.30. The Morgan fingerprint density at radius 3 is 2.46 bits per heavy atom. The quantitative estimate of drug-likeness (QED) is 0.751. The molecular weight excluding hydrogens is 336 g/mol. The van der Waals surface area contributed by atoms with Gasteiger partial charge in [0.05, 0.1) is 17.5 Å². The summed E-state index contributed by atoms with van der Waals surface area (Å²) in [5.74, 6) is -1.79. The minimum Gasteiger partial charge on any atom is -0.348 e. The van der Waals surface area contributed by atoms with Crippen LogP contribution in [0.25, 0.3) is 11.3 Å². The smallest absolute Gasteiger partial charge is 0.255 e. The van der Waals surface area contributed by atoms with E-state index in [9.17, 15) is 13.6 Å². The number of aromatic amines is 1. The summed E-state index contributed by atoms with van der Waals surface area (Å²) in [6.07, 6.45) is 1.39. The molecule has 0 unspecified atom stereocenters. The Morgan fingerprint density at radius 1 is 1.12 bits per heavy atom. The van der Waals surface area contributed by atoms with Crippen molar-refractivity contribution in [1.82, 2.24) is 15.5 Å². The normalized spacial score (nSPS) is 10.6. The van der Waals surface area contributed by atoms with Crippen molar-refractivity contribution in [2.45, 2.75) is 6.54 Å². The van der Waals surface area contributed by atoms with E-state index >= 15 is 0 Å². The van der Waals surface area contributed by atoms with Gasteiger partial charge in [-0.3, -0.25) is 9.89 Å². The molecule has 1 heterocycles. The summed E-state index contributed by atoms with van der Waals surface area (Å²) in [5, 5.41) is 9.85. The number of hydrogen-bond donors (Lipinski definition) is 2. The molecular formula is C17H12ClF2N3O. The highest BCUT2D eigenvalue weighted by atomic mass is 35.5. The minimum atomic E-state index is -0.690. The van der Waals surface area contributed by atoms with Crippen molar-refractivity contribution in [3.8, 4) is 11.3 Å². The fourth-order valence-electron chi connectivity index (χ4n) is 2.29. The Morgan fingerprint density at radius 2 is 1.79 bits per heavy atom. The van der Waals surface area contributed by atoms with Crippen LogP contribution >= 0.6 is 11.6 Å². The van der Waals surface area contributed by atoms with Crippen LogP contribution in [0, 0.1) is 11.6 Å². The summed E-state index contributed by atoms with van der Waals surface area (Å²) in [6.45, 7) is -0.00124. The summed E-state index contributed by atoms with van der Waals surface area (Å²) < 4.78 is 26.3. The molecule has 4 nitrogen and oxygen atoms in total. The van der Waals surface area contributed by atoms with Gasteiger partial charge in [0.15, 0.2) is 0 Å². The zero-order chi connectivity index (χ0) is 17.1. The van der Waals surface area contributed by atoms with Crippen molar-refractivity contribution in [3.63, 3.8) is 0 Å². The predicted molar refractivity (Wildman–Crippen MR) is 86.6 cm³/mol. The van der Waals surface area contributed by atoms with Gasteiger partial charge in [0.25, 0.3) is 5.91 Å². The van der Waals surface area contributed by atoms with Crippen molar-refractivity contribution in [2.75, 3.05) is 0 Å². The molecule has 0 aliphatic heterocycles. The Bertz CT molecular complexity index is 858. The molecule has 0 aliphatic rings. The molecule has 24 heavy (non-hydrogen) atoms. The van der Waals surface area contributed by atoms with E-state index in [-0.39, 0.29) is 6.54 Å². The lowest BCUT2D eigenvalue weighted by Crippen LogP contribution is -2.23. The molecule has 1 amide bonds. The lowest BCUT2D eigenvalue weighted by molar-refractivity contribution is 0.0951. The van der Waals surface area contributed by atoms with Crippen LogP contribution in [0.2, 0.25) is 5.02 Å². The first-order chi connectivity index (χ1) is 11.5. The van der Waals surface area contributed by atoms with E-state index in [0.29, 0.717) is 21.8 Å². The van der Waals surface area contributed by atoms with Gasteiger partial charge in [-0.1, -0.05) is 23.7 Å². The van der Waals surface area contributed by atoms with Crippen LogP contribution in [0.5, 0.6) is 0 Å². The summed E-state index contributed by atoms with van der Waals surface area (Å²) >= 11 is 5.85. The number of nitrogens with zero attached hydrogens (tertiary/aromatic N) is 1. The first-order valence-electron chi connectivity index (χ1n) is 7.05. The van der Waals surface area contributed by atoms with E-state index in [4.69, 9.17) is 11.6 Å². The Balaban J connectivity index is 1.76. The molecule has 7 heteroatoms. The van der Waals surface area contributed by atoms with E-state index in [2.05, 4.69) is 15.5 Å². The van der Waals surface area contributed by atoms with Gasteiger partial charge in [-0.05, 0) is 29.8 Å². The van der Waals surface area contributed by atoms with Gasteiger partial charge in [0.2, 0.25) is 0 Å². The number of benzene rings is 2. The van der Waals surface area contributed by atoms with Crippen molar-refractivity contribution >= 4 is 17.5 Å². The van der Waals surface area contributed by atoms with Crippen LogP contribution in [0.4, 0.5) is 8.78 Å². The number of carbonyl (C=O) groups excluding carboxylic acids is 1. The summed E-state index contributed by atoms with van der Waals surface area (Å²) in [4.78, 5) is 12.3. The molecule has 122 valence electrons. The second kappa shape index (κ2) is 6.80. The van der Waals surface area contributed by atoms with E-state index in [1.54, 1.807) is 24.3 Å². The topological polar surface area (TPSA) is 57.8 Å². The molecule has 0 saturated heterocycles. The first kappa shape index (κ1) is 16.1. The number of nitrogens with one attached hydrogen (secondary N) is 2. The third kappa shape index (κ3) is 3.60. The van der Waals surface area contributed by atoms with Gasteiger partial charge >= 0.3 is 0 Å². The fraction of sp³-hybridized carbons (Fsp3) is 0.0588. The van der Waals surface area contributed by atoms with Gasteiger partial charge in [0.1, 0.15) is 11.6 Å². The minimum absolute atomic E-state index is 0.00124. The van der Waals surface area contributed by atoms with Crippen molar-refractivity contribution in [2.24, 2.45) is 0 Å². The van der Waals surface area contributed by atoms with Crippen molar-refractivity contribution < 1.29 is 13.6 Å². The third-order valence-electron chi connectivity index (χ3n) is 3.39. The lowest BCUT2D eigenvalue weighted by Gasteiger charge is -2.07. The lowest BCUT2D eigenvalue weighted by atomic mass is 10.1. The number of amides is 1. The average Bonchev–Trinajstić information content (AvgIpc) is 3.02. The molecule has 2 aromatic carbocycles. The molecule has 0 spiro atoms. The maximum Gasteiger partial charge on any atom is 0.255 e. The maximum atomic E-state index is 13.2. The molecule has 3 rings (SSSR count). The number of aromatic nitrogens is 2. The van der Waals surface area contributed by atoms with Crippen LogP contribution in [-0.4, -0.2) is 16.1 Å². The monoisotopic (exact) mass is 347 g/mol. The average molecular weight is 348 g/mol. The molecule has 2 N–H and O–H groups in total. The van der Waals surface area contributed by atoms with Gasteiger partial charge in [-0.2, -0.15) is 5.10 Å². The SMILES string of the molecule is O=C(NCc1cc(F)cc(F)c1)c1cn[nH]c1-c1ccc(Cl)cc1. The fourth-order valence-corrected chi connectivity index (χ4v) is 2.41. The largest absolute Gasteiger partial charge is 0.348 e. The number of hydrogen-bond acceptors (Lipinski definition) is 2. The molecule has 1 aromatic heterocycles. The van der Waals surface area contributed by atoms with Crippen LogP contribution in [0.3, 0.4) is 0 Å². The second-order valence-electron chi connectivity index (χ2n) is 5.13. The summed E-state index contributed by atoms with van der Waals surface area (Å²) in [6, 6.07) is 10.0. The number of rotatable bonds is 4. The van der Waals surface area contributed by atoms with Crippen molar-refractivity contribution in [3.05, 3.63) is 76.4 Å². The molecule has 3 aromatic rings. The van der Waals surface area contributed by atoms with Gasteiger partial charge in [-0.15, -0.1) is 0 Å². The van der Waals surface area contributed by atoms with Crippen LogP contribution in [0.1, 0.15) is 15.9 Å². The van der Waals surface area contributed by atoms with Crippen LogP contribution < -0.4 is 5.32 Å². The highest BCUT2D eigenvalue weighted by Crippen LogP contribution is 2.23. The van der Waals surface area contributed by atoms with Crippen molar-refractivity contribution in [1.29, 1.82) is 0 Å². The van der Waals surface area contributed by atoms with Crippen LogP contribution in [0.15, 0.2) is 48.7 Å². The van der Waals surface area contributed by atoms with Gasteiger partial charge in [0, 0.05) is 23.2 Å². The summed E-state index contributed by atoms with van der Waals surface area (Å²) in [5.41, 5.74) is 1.94. The number of halogens is 3. The zero-order valence-corrected chi connectivity index (χ0v) is 13.1. The van der Waals surface area contributed by atoms with Gasteiger partial charge in [-0.25, -0.2) is 8.78 Å². The van der Waals surface area contributed by atoms with E-state index in [1.165, 1.54) is 18.3 Å². The molecule has 0 saturated carbocycles. The second-order valence-corrected chi connectivity index (χ2v) is 5.56. The Labute approximate surface area is 141 Å². The molecule has 0 fully saturated rings. The van der Waals surface area contributed by atoms with Gasteiger partial charge < -0.3 is 5.32 Å². The number of carbonyl (C=O) groups is 1. The highest BCUT2D eigenvalue weighted by Gasteiger charge is 2.15. The standard InChI is InChI=1S/C17H12ClF2N3O/c18-12-3-1-11(2-4-12)16-15(9-22-23-16)17(24)21-8-10-5-13(19)7-14(20)6-10/h1-7,9H,8H2,(H,21,24)(H,22,23). The molecule has 0 aliphatic carbocycles. The molecule has 0 atom stereocenters. The zero-order valence-electron chi connectivity index (χ0n) is 12.3. The van der Waals surface area contributed by atoms with E-state index < -0.39 is 17.5 Å². The Kier molecular flexibility index (Phi) is 4.57. The predicted octanol–water partition coefficient (Wildman–Crippen LogP) is 3.94. The molecule has 0 radical (unpaired) electrons. The van der Waals surface area contributed by atoms with Crippen LogP contribution in [-0.2, 0) is 6.54 Å².